The zero-order valence-electron chi connectivity index (χ0n) is 10.1. The van der Waals surface area contributed by atoms with E-state index in [4.69, 9.17) is 15.0 Å². The molecule has 1 aliphatic rings. The minimum absolute atomic E-state index is 0.102. The molecule has 0 amide bonds. The summed E-state index contributed by atoms with van der Waals surface area (Å²) in [6.07, 6.45) is 1.83. The van der Waals surface area contributed by atoms with E-state index in [0.717, 1.165) is 0 Å². The third-order valence-corrected chi connectivity index (χ3v) is 4.91. The van der Waals surface area contributed by atoms with Crippen molar-refractivity contribution in [3.8, 4) is 0 Å². The monoisotopic (exact) mass is 273 g/mol. The van der Waals surface area contributed by atoms with Gasteiger partial charge in [0.1, 0.15) is 18.3 Å². The second-order valence-corrected chi connectivity index (χ2v) is 6.91. The molecule has 0 bridgehead atoms. The first-order chi connectivity index (χ1) is 8.52. The maximum Gasteiger partial charge on any atom is 0.349 e. The van der Waals surface area contributed by atoms with Gasteiger partial charge >= 0.3 is 5.69 Å². The molecule has 2 N–H and O–H groups in total. The minimum atomic E-state index is -2.60. The van der Waals surface area contributed by atoms with Crippen molar-refractivity contribution in [3.63, 3.8) is 0 Å². The van der Waals surface area contributed by atoms with Crippen molar-refractivity contribution >= 4 is 13.2 Å². The van der Waals surface area contributed by atoms with E-state index < -0.39 is 13.1 Å². The van der Waals surface area contributed by atoms with Gasteiger partial charge in [-0.15, -0.1) is 0 Å². The summed E-state index contributed by atoms with van der Waals surface area (Å²) in [7, 11) is -2.60. The van der Waals surface area contributed by atoms with E-state index in [1.54, 1.807) is 19.2 Å². The van der Waals surface area contributed by atoms with Crippen molar-refractivity contribution in [2.75, 3.05) is 24.9 Å². The summed E-state index contributed by atoms with van der Waals surface area (Å²) < 4.78 is 24.1. The van der Waals surface area contributed by atoms with Crippen LogP contribution < -0.4 is 11.4 Å². The molecule has 0 aromatic carbocycles. The third kappa shape index (κ3) is 2.98. The third-order valence-electron chi connectivity index (χ3n) is 2.78. The first-order valence-electron chi connectivity index (χ1n) is 5.69. The van der Waals surface area contributed by atoms with Gasteiger partial charge in [0, 0.05) is 12.4 Å². The van der Waals surface area contributed by atoms with Crippen LogP contribution in [0.25, 0.3) is 0 Å². The molecule has 2 atom stereocenters. The normalized spacial score (nSPS) is 28.2. The molecular weight excluding hydrogens is 257 g/mol. The fourth-order valence-corrected chi connectivity index (χ4v) is 2.93. The predicted molar refractivity (Wildman–Crippen MR) is 66.7 cm³/mol. The topological polar surface area (TPSA) is 96.4 Å². The van der Waals surface area contributed by atoms with Crippen molar-refractivity contribution in [2.45, 2.75) is 19.6 Å². The molecule has 2 rings (SSSR count). The minimum Gasteiger partial charge on any atom is -0.383 e. The molecule has 0 saturated carbocycles. The van der Waals surface area contributed by atoms with Crippen LogP contribution in [-0.2, 0) is 20.4 Å². The molecule has 2 heterocycles. The Hall–Kier alpha value is -1.17. The molecule has 100 valence electrons. The molecule has 0 radical (unpaired) electrons. The van der Waals surface area contributed by atoms with E-state index in [1.807, 2.05) is 0 Å². The highest BCUT2D eigenvalue weighted by atomic mass is 31.2. The van der Waals surface area contributed by atoms with Crippen molar-refractivity contribution in [3.05, 3.63) is 22.7 Å². The van der Waals surface area contributed by atoms with Gasteiger partial charge in [-0.1, -0.05) is 6.92 Å². The number of aromatic nitrogens is 2. The van der Waals surface area contributed by atoms with E-state index in [2.05, 4.69) is 4.98 Å². The van der Waals surface area contributed by atoms with Crippen molar-refractivity contribution in [1.82, 2.24) is 9.55 Å². The number of hydrogen-bond donors (Lipinski definition) is 1. The lowest BCUT2D eigenvalue weighted by Gasteiger charge is -2.29. The first-order valence-corrected chi connectivity index (χ1v) is 7.69. The quantitative estimate of drug-likeness (QED) is 0.805. The Labute approximate surface area is 104 Å². The van der Waals surface area contributed by atoms with Gasteiger partial charge in [-0.25, -0.2) is 4.79 Å². The van der Waals surface area contributed by atoms with Crippen LogP contribution in [0.5, 0.6) is 0 Å². The highest BCUT2D eigenvalue weighted by Crippen LogP contribution is 2.49. The van der Waals surface area contributed by atoms with Crippen LogP contribution in [0.4, 0.5) is 5.82 Å². The van der Waals surface area contributed by atoms with E-state index in [0.29, 0.717) is 12.7 Å². The molecule has 1 aromatic heterocycles. The largest absolute Gasteiger partial charge is 0.383 e. The summed E-state index contributed by atoms with van der Waals surface area (Å²) in [5.74, 6) is 0.188. The van der Waals surface area contributed by atoms with Crippen molar-refractivity contribution in [1.29, 1.82) is 0 Å². The van der Waals surface area contributed by atoms with Gasteiger partial charge in [0.2, 0.25) is 7.37 Å². The highest BCUT2D eigenvalue weighted by molar-refractivity contribution is 7.58. The van der Waals surface area contributed by atoms with Crippen LogP contribution in [-0.4, -0.2) is 34.8 Å². The summed E-state index contributed by atoms with van der Waals surface area (Å²) in [4.78, 5) is 15.1. The number of anilines is 1. The van der Waals surface area contributed by atoms with E-state index in [9.17, 15) is 9.36 Å². The Balaban J connectivity index is 2.00. The average molecular weight is 273 g/mol. The molecule has 1 fully saturated rings. The molecule has 1 unspecified atom stereocenters. The molecule has 8 heteroatoms. The Morgan fingerprint density at radius 1 is 1.67 bits per heavy atom. The molecule has 1 aliphatic heterocycles. The molecule has 0 spiro atoms. The van der Waals surface area contributed by atoms with E-state index >= 15 is 0 Å². The van der Waals surface area contributed by atoms with Crippen molar-refractivity contribution in [2.24, 2.45) is 0 Å². The summed E-state index contributed by atoms with van der Waals surface area (Å²) in [6, 6.07) is 1.54. The summed E-state index contributed by atoms with van der Waals surface area (Å²) >= 11 is 0. The summed E-state index contributed by atoms with van der Waals surface area (Å²) in [6.45, 7) is 2.34. The van der Waals surface area contributed by atoms with Gasteiger partial charge < -0.3 is 15.0 Å². The fraction of sp³-hybridized carbons (Fsp3) is 0.600. The van der Waals surface area contributed by atoms with Crippen LogP contribution in [0.15, 0.2) is 17.1 Å². The number of nitrogens with two attached hydrogens (primary N) is 1. The number of hydrogen-bond acceptors (Lipinski definition) is 6. The highest BCUT2D eigenvalue weighted by Gasteiger charge is 2.30. The molecule has 1 saturated heterocycles. The summed E-state index contributed by atoms with van der Waals surface area (Å²) in [5.41, 5.74) is 4.97. The van der Waals surface area contributed by atoms with Gasteiger partial charge in [0.15, 0.2) is 0 Å². The number of ether oxygens (including phenoxy) is 1. The lowest BCUT2D eigenvalue weighted by atomic mass is 10.3. The maximum atomic E-state index is 11.9. The van der Waals surface area contributed by atoms with Gasteiger partial charge in [-0.05, 0) is 6.07 Å². The molecule has 7 nitrogen and oxygen atoms in total. The fourth-order valence-electron chi connectivity index (χ4n) is 1.61. The van der Waals surface area contributed by atoms with Crippen LogP contribution in [0.2, 0.25) is 0 Å². The molecule has 0 aliphatic carbocycles. The number of nitrogen functional groups attached to an aromatic ring is 1. The molecule has 1 aromatic rings. The number of nitrogens with zero attached hydrogens (tertiary/aromatic N) is 2. The van der Waals surface area contributed by atoms with Crippen LogP contribution >= 0.6 is 7.37 Å². The standard InChI is InChI=1S/C10H16N3O4P/c1-2-18(15)7-16-8(6-17-18)5-13-4-3-9(11)12-10(13)14/h3-4,8H,2,5-7H2,1H3,(H2,11,12,14)/t8-,18?/m1/s1. The Bertz CT molecular complexity index is 518. The second-order valence-electron chi connectivity index (χ2n) is 4.13. The maximum absolute atomic E-state index is 11.9. The zero-order chi connectivity index (χ0) is 13.2. The number of rotatable bonds is 3. The van der Waals surface area contributed by atoms with Gasteiger partial charge in [0.25, 0.3) is 0 Å². The van der Waals surface area contributed by atoms with Crippen molar-refractivity contribution < 1.29 is 13.8 Å². The Morgan fingerprint density at radius 2 is 2.44 bits per heavy atom. The first kappa shape index (κ1) is 13.3. The summed E-state index contributed by atoms with van der Waals surface area (Å²) in [5, 5.41) is 0. The lowest BCUT2D eigenvalue weighted by Crippen LogP contribution is -2.35. The van der Waals surface area contributed by atoms with Crippen LogP contribution in [0, 0.1) is 0 Å². The van der Waals surface area contributed by atoms with Crippen LogP contribution in [0.3, 0.4) is 0 Å². The second kappa shape index (κ2) is 5.22. The van der Waals surface area contributed by atoms with Gasteiger partial charge in [-0.2, -0.15) is 4.98 Å². The lowest BCUT2D eigenvalue weighted by molar-refractivity contribution is 0.00304. The van der Waals surface area contributed by atoms with E-state index in [-0.39, 0.29) is 24.9 Å². The van der Waals surface area contributed by atoms with Gasteiger partial charge in [0.05, 0.1) is 13.2 Å². The zero-order valence-corrected chi connectivity index (χ0v) is 11.0. The predicted octanol–water partition coefficient (Wildman–Crippen LogP) is 0.496. The Kier molecular flexibility index (Phi) is 3.85. The SMILES string of the molecule is CCP1(=O)CO[C@H](Cn2ccc(N)nc2=O)CO1. The van der Waals surface area contributed by atoms with Crippen LogP contribution in [0.1, 0.15) is 6.92 Å². The smallest absolute Gasteiger partial charge is 0.349 e. The van der Waals surface area contributed by atoms with Gasteiger partial charge in [-0.3, -0.25) is 9.13 Å². The Morgan fingerprint density at radius 3 is 3.00 bits per heavy atom. The average Bonchev–Trinajstić information content (AvgIpc) is 2.36. The van der Waals surface area contributed by atoms with E-state index in [1.165, 1.54) is 4.57 Å². The molecular formula is C10H16N3O4P. The molecule has 18 heavy (non-hydrogen) atoms.